The van der Waals surface area contributed by atoms with Gasteiger partial charge in [-0.25, -0.2) is 8.42 Å². The van der Waals surface area contributed by atoms with Gasteiger partial charge in [0.15, 0.2) is 0 Å². The van der Waals surface area contributed by atoms with Crippen LogP contribution in [0.3, 0.4) is 0 Å². The third-order valence-electron chi connectivity index (χ3n) is 5.50. The minimum absolute atomic E-state index is 0.0223. The molecule has 0 saturated carbocycles. The first kappa shape index (κ1) is 24.7. The summed E-state index contributed by atoms with van der Waals surface area (Å²) in [5.41, 5.74) is 0.164. The summed E-state index contributed by atoms with van der Waals surface area (Å²) in [6.45, 7) is 8.64. The number of nitrogens with zero attached hydrogens (tertiary/aromatic N) is 1. The van der Waals surface area contributed by atoms with Gasteiger partial charge in [0.1, 0.15) is 28.8 Å². The number of anilines is 2. The summed E-state index contributed by atoms with van der Waals surface area (Å²) in [5, 5.41) is 0. The second-order valence-electron chi connectivity index (χ2n) is 9.12. The number of ether oxygens (including phenoxy) is 3. The van der Waals surface area contributed by atoms with Crippen LogP contribution in [0.2, 0.25) is 0 Å². The van der Waals surface area contributed by atoms with E-state index >= 15 is 0 Å². The standard InChI is InChI=1S/C24H32N2O6S/c1-16(2)11-12-26-19-13-17(7-9-20(19)32-15-24(3,4)23(26)27)25-33(28,29)22-10-8-18(30-5)14-21(22)31-6/h7-10,13-14,16,25H,11-12,15H2,1-6H3. The first-order chi connectivity index (χ1) is 15.5. The normalized spacial score (nSPS) is 15.5. The zero-order valence-electron chi connectivity index (χ0n) is 20.0. The third-order valence-corrected chi connectivity index (χ3v) is 6.93. The van der Waals surface area contributed by atoms with Crippen molar-refractivity contribution in [3.63, 3.8) is 0 Å². The molecule has 9 heteroatoms. The van der Waals surface area contributed by atoms with Crippen molar-refractivity contribution in [2.75, 3.05) is 37.0 Å². The Morgan fingerprint density at radius 2 is 1.85 bits per heavy atom. The maximum atomic E-state index is 13.3. The van der Waals surface area contributed by atoms with E-state index in [0.29, 0.717) is 35.3 Å². The quantitative estimate of drug-likeness (QED) is 0.610. The number of carbonyl (C=O) groups excluding carboxylic acids is 1. The van der Waals surface area contributed by atoms with Gasteiger partial charge in [-0.1, -0.05) is 13.8 Å². The Hall–Kier alpha value is -2.94. The molecule has 1 amide bonds. The van der Waals surface area contributed by atoms with Crippen molar-refractivity contribution in [3.8, 4) is 17.2 Å². The number of carbonyl (C=O) groups is 1. The van der Waals surface area contributed by atoms with Gasteiger partial charge in [0.25, 0.3) is 10.0 Å². The fraction of sp³-hybridized carbons (Fsp3) is 0.458. The largest absolute Gasteiger partial charge is 0.497 e. The van der Waals surface area contributed by atoms with Crippen LogP contribution in [-0.4, -0.2) is 41.7 Å². The van der Waals surface area contributed by atoms with Gasteiger partial charge in [-0.15, -0.1) is 0 Å². The number of sulfonamides is 1. The van der Waals surface area contributed by atoms with E-state index in [9.17, 15) is 13.2 Å². The number of nitrogens with one attached hydrogen (secondary N) is 1. The van der Waals surface area contributed by atoms with Crippen LogP contribution in [0.1, 0.15) is 34.1 Å². The van der Waals surface area contributed by atoms with Crippen LogP contribution in [0.4, 0.5) is 11.4 Å². The Morgan fingerprint density at radius 3 is 2.48 bits per heavy atom. The molecule has 0 aromatic heterocycles. The van der Waals surface area contributed by atoms with Gasteiger partial charge in [-0.2, -0.15) is 0 Å². The minimum atomic E-state index is -3.97. The lowest BCUT2D eigenvalue weighted by atomic mass is 9.92. The number of methoxy groups -OCH3 is 2. The van der Waals surface area contributed by atoms with Crippen LogP contribution >= 0.6 is 0 Å². The van der Waals surface area contributed by atoms with Crippen LogP contribution < -0.4 is 23.8 Å². The van der Waals surface area contributed by atoms with Gasteiger partial charge in [0, 0.05) is 12.6 Å². The summed E-state index contributed by atoms with van der Waals surface area (Å²) in [6, 6.07) is 9.44. The van der Waals surface area contributed by atoms with Crippen LogP contribution in [-0.2, 0) is 14.8 Å². The summed E-state index contributed by atoms with van der Waals surface area (Å²) < 4.78 is 45.2. The molecule has 1 aliphatic rings. The maximum Gasteiger partial charge on any atom is 0.265 e. The summed E-state index contributed by atoms with van der Waals surface area (Å²) in [6.07, 6.45) is 0.806. The van der Waals surface area contributed by atoms with E-state index in [0.717, 1.165) is 6.42 Å². The highest BCUT2D eigenvalue weighted by molar-refractivity contribution is 7.92. The maximum absolute atomic E-state index is 13.3. The van der Waals surface area contributed by atoms with Gasteiger partial charge in [-0.05, 0) is 56.5 Å². The van der Waals surface area contributed by atoms with Crippen molar-refractivity contribution in [2.45, 2.75) is 39.0 Å². The van der Waals surface area contributed by atoms with Crippen molar-refractivity contribution < 1.29 is 27.4 Å². The van der Waals surface area contributed by atoms with Crippen LogP contribution in [0.5, 0.6) is 17.2 Å². The van der Waals surface area contributed by atoms with Crippen molar-refractivity contribution >= 4 is 27.3 Å². The SMILES string of the molecule is COc1ccc(S(=O)(=O)Nc2ccc3c(c2)N(CCC(C)C)C(=O)C(C)(C)CO3)c(OC)c1. The average molecular weight is 477 g/mol. The molecule has 3 rings (SSSR count). The third kappa shape index (κ3) is 5.35. The first-order valence-electron chi connectivity index (χ1n) is 10.8. The Bertz CT molecular complexity index is 1130. The molecule has 8 nitrogen and oxygen atoms in total. The molecule has 0 unspecified atom stereocenters. The number of hydrogen-bond acceptors (Lipinski definition) is 6. The summed E-state index contributed by atoms with van der Waals surface area (Å²) >= 11 is 0. The molecule has 1 heterocycles. The fourth-order valence-electron chi connectivity index (χ4n) is 3.52. The number of amides is 1. The van der Waals surface area contributed by atoms with Gasteiger partial charge in [0.2, 0.25) is 5.91 Å². The smallest absolute Gasteiger partial charge is 0.265 e. The highest BCUT2D eigenvalue weighted by Crippen LogP contribution is 2.39. The van der Waals surface area contributed by atoms with Crippen molar-refractivity contribution in [1.29, 1.82) is 0 Å². The molecule has 0 spiro atoms. The topological polar surface area (TPSA) is 94.2 Å². The molecule has 1 aliphatic heterocycles. The van der Waals surface area contributed by atoms with E-state index in [1.807, 2.05) is 13.8 Å². The van der Waals surface area contributed by atoms with Crippen molar-refractivity contribution in [1.82, 2.24) is 0 Å². The lowest BCUT2D eigenvalue weighted by molar-refractivity contribution is -0.127. The molecule has 33 heavy (non-hydrogen) atoms. The van der Waals surface area contributed by atoms with Crippen molar-refractivity contribution in [3.05, 3.63) is 36.4 Å². The highest BCUT2D eigenvalue weighted by atomic mass is 32.2. The molecule has 0 bridgehead atoms. The second kappa shape index (κ2) is 9.51. The zero-order chi connectivity index (χ0) is 24.4. The Kier molecular flexibility index (Phi) is 7.11. The monoisotopic (exact) mass is 476 g/mol. The molecular formula is C24H32N2O6S. The summed E-state index contributed by atoms with van der Waals surface area (Å²) in [4.78, 5) is 15.0. The lowest BCUT2D eigenvalue weighted by Gasteiger charge is -2.28. The van der Waals surface area contributed by atoms with Gasteiger partial charge in [0.05, 0.1) is 31.0 Å². The fourth-order valence-corrected chi connectivity index (χ4v) is 4.73. The van der Waals surface area contributed by atoms with E-state index in [2.05, 4.69) is 18.6 Å². The van der Waals surface area contributed by atoms with E-state index < -0.39 is 15.4 Å². The van der Waals surface area contributed by atoms with E-state index in [1.165, 1.54) is 26.4 Å². The van der Waals surface area contributed by atoms with Crippen LogP contribution in [0.25, 0.3) is 0 Å². The van der Waals surface area contributed by atoms with Crippen LogP contribution in [0, 0.1) is 11.3 Å². The minimum Gasteiger partial charge on any atom is -0.497 e. The summed E-state index contributed by atoms with van der Waals surface area (Å²) in [5.74, 6) is 1.53. The summed E-state index contributed by atoms with van der Waals surface area (Å²) in [7, 11) is -1.08. The Balaban J connectivity index is 1.99. The predicted octanol–water partition coefficient (Wildman–Crippen LogP) is 4.30. The molecule has 0 saturated heterocycles. The van der Waals surface area contributed by atoms with Gasteiger partial charge >= 0.3 is 0 Å². The van der Waals surface area contributed by atoms with Gasteiger partial charge < -0.3 is 19.1 Å². The number of fused-ring (bicyclic) bond motifs is 1. The Morgan fingerprint density at radius 1 is 1.12 bits per heavy atom. The molecule has 1 N–H and O–H groups in total. The molecule has 2 aromatic carbocycles. The number of benzene rings is 2. The highest BCUT2D eigenvalue weighted by Gasteiger charge is 2.38. The number of hydrogen-bond donors (Lipinski definition) is 1. The molecule has 0 fully saturated rings. The first-order valence-corrected chi connectivity index (χ1v) is 12.3. The average Bonchev–Trinajstić information content (AvgIpc) is 2.85. The Labute approximate surface area is 195 Å². The van der Waals surface area contributed by atoms with E-state index in [1.54, 1.807) is 29.2 Å². The predicted molar refractivity (Wildman–Crippen MR) is 128 cm³/mol. The molecule has 180 valence electrons. The van der Waals surface area contributed by atoms with E-state index in [-0.39, 0.29) is 23.2 Å². The molecular weight excluding hydrogens is 444 g/mol. The lowest BCUT2D eigenvalue weighted by Crippen LogP contribution is -2.42. The second-order valence-corrected chi connectivity index (χ2v) is 10.8. The molecule has 0 atom stereocenters. The molecule has 2 aromatic rings. The zero-order valence-corrected chi connectivity index (χ0v) is 20.8. The molecule has 0 aliphatic carbocycles. The van der Waals surface area contributed by atoms with Gasteiger partial charge in [-0.3, -0.25) is 9.52 Å². The van der Waals surface area contributed by atoms with Crippen molar-refractivity contribution in [2.24, 2.45) is 11.3 Å². The van der Waals surface area contributed by atoms with Crippen LogP contribution in [0.15, 0.2) is 41.3 Å². The number of rotatable bonds is 8. The van der Waals surface area contributed by atoms with E-state index in [4.69, 9.17) is 14.2 Å². The molecule has 0 radical (unpaired) electrons.